The first-order valence-electron chi connectivity index (χ1n) is 4.38. The van der Waals surface area contributed by atoms with Crippen LogP contribution in [0.1, 0.15) is 39.5 Å². The molecule has 11 heavy (non-hydrogen) atoms. The summed E-state index contributed by atoms with van der Waals surface area (Å²) < 4.78 is 25.3. The van der Waals surface area contributed by atoms with Crippen LogP contribution in [0.3, 0.4) is 0 Å². The first-order valence-corrected chi connectivity index (χ1v) is 4.38. The van der Waals surface area contributed by atoms with E-state index in [1.54, 1.807) is 0 Å². The van der Waals surface area contributed by atoms with Crippen molar-refractivity contribution in [3.8, 4) is 0 Å². The lowest BCUT2D eigenvalue weighted by Gasteiger charge is -2.32. The molecule has 0 atom stereocenters. The van der Waals surface area contributed by atoms with Crippen molar-refractivity contribution in [3.63, 3.8) is 0 Å². The van der Waals surface area contributed by atoms with E-state index >= 15 is 0 Å². The molecule has 0 heterocycles. The lowest BCUT2D eigenvalue weighted by molar-refractivity contribution is -0.0332. The highest BCUT2D eigenvalue weighted by Gasteiger charge is 2.44. The van der Waals surface area contributed by atoms with Gasteiger partial charge in [-0.15, -0.1) is 0 Å². The summed E-state index contributed by atoms with van der Waals surface area (Å²) >= 11 is 0. The predicted molar refractivity (Wildman–Crippen MR) is 41.7 cm³/mol. The third-order valence-electron chi connectivity index (χ3n) is 3.12. The summed E-state index contributed by atoms with van der Waals surface area (Å²) in [4.78, 5) is 0. The molecule has 0 bridgehead atoms. The van der Waals surface area contributed by atoms with Gasteiger partial charge >= 0.3 is 0 Å². The summed E-state index contributed by atoms with van der Waals surface area (Å²) in [7, 11) is 0. The van der Waals surface area contributed by atoms with Crippen LogP contribution in [0.15, 0.2) is 0 Å². The summed E-state index contributed by atoms with van der Waals surface area (Å²) in [5.41, 5.74) is -0.639. The fraction of sp³-hybridized carbons (Fsp3) is 1.00. The van der Waals surface area contributed by atoms with Crippen molar-refractivity contribution < 1.29 is 8.78 Å². The van der Waals surface area contributed by atoms with Gasteiger partial charge in [0.2, 0.25) is 6.43 Å². The quantitative estimate of drug-likeness (QED) is 0.583. The first-order chi connectivity index (χ1) is 5.09. The van der Waals surface area contributed by atoms with Gasteiger partial charge in [0.15, 0.2) is 0 Å². The van der Waals surface area contributed by atoms with Gasteiger partial charge in [0.25, 0.3) is 0 Å². The van der Waals surface area contributed by atoms with Gasteiger partial charge in [-0.3, -0.25) is 0 Å². The van der Waals surface area contributed by atoms with Crippen molar-refractivity contribution in [1.29, 1.82) is 0 Å². The monoisotopic (exact) mass is 162 g/mol. The minimum absolute atomic E-state index is 0.130. The predicted octanol–water partition coefficient (Wildman–Crippen LogP) is 3.47. The smallest absolute Gasteiger partial charge is 0.210 e. The van der Waals surface area contributed by atoms with Gasteiger partial charge in [0.1, 0.15) is 0 Å². The molecule has 1 rings (SSSR count). The number of halogens is 2. The van der Waals surface area contributed by atoms with Crippen LogP contribution in [-0.2, 0) is 0 Å². The molecule has 0 spiro atoms. The highest BCUT2D eigenvalue weighted by molar-refractivity contribution is 4.89. The third-order valence-corrected chi connectivity index (χ3v) is 3.12. The topological polar surface area (TPSA) is 0 Å². The summed E-state index contributed by atoms with van der Waals surface area (Å²) in [5, 5.41) is 0. The zero-order valence-corrected chi connectivity index (χ0v) is 7.24. The highest BCUT2D eigenvalue weighted by Crippen LogP contribution is 2.48. The van der Waals surface area contributed by atoms with Gasteiger partial charge in [-0.25, -0.2) is 8.78 Å². The molecule has 0 aromatic heterocycles. The Morgan fingerprint density at radius 1 is 1.09 bits per heavy atom. The van der Waals surface area contributed by atoms with Crippen molar-refractivity contribution in [3.05, 3.63) is 0 Å². The fourth-order valence-corrected chi connectivity index (χ4v) is 2.08. The molecule has 0 saturated heterocycles. The molecular weight excluding hydrogens is 146 g/mol. The normalized spacial score (nSPS) is 23.5. The van der Waals surface area contributed by atoms with Crippen LogP contribution < -0.4 is 0 Å². The second kappa shape index (κ2) is 3.08. The second-order valence-electron chi connectivity index (χ2n) is 3.90. The van der Waals surface area contributed by atoms with Crippen molar-refractivity contribution in [2.75, 3.05) is 0 Å². The van der Waals surface area contributed by atoms with Gasteiger partial charge in [-0.05, 0) is 18.8 Å². The molecule has 1 saturated carbocycles. The number of hydrogen-bond donors (Lipinski definition) is 0. The van der Waals surface area contributed by atoms with E-state index in [2.05, 4.69) is 0 Å². The van der Waals surface area contributed by atoms with Gasteiger partial charge in [0, 0.05) is 5.41 Å². The lowest BCUT2D eigenvalue weighted by Crippen LogP contribution is -2.31. The number of rotatable bonds is 2. The second-order valence-corrected chi connectivity index (χ2v) is 3.90. The van der Waals surface area contributed by atoms with Gasteiger partial charge in [-0.1, -0.05) is 26.7 Å². The third kappa shape index (κ3) is 1.40. The van der Waals surface area contributed by atoms with E-state index in [0.717, 1.165) is 25.7 Å². The Morgan fingerprint density at radius 2 is 1.55 bits per heavy atom. The Bertz CT molecular complexity index is 114. The molecule has 0 aromatic rings. The molecule has 0 nitrogen and oxygen atoms in total. The van der Waals surface area contributed by atoms with Crippen molar-refractivity contribution in [2.24, 2.45) is 11.3 Å². The Labute approximate surface area is 67.0 Å². The average Bonchev–Trinajstić information content (AvgIpc) is 2.34. The molecule has 0 N–H and O–H groups in total. The van der Waals surface area contributed by atoms with Crippen molar-refractivity contribution >= 4 is 0 Å². The van der Waals surface area contributed by atoms with E-state index in [1.165, 1.54) is 0 Å². The summed E-state index contributed by atoms with van der Waals surface area (Å²) in [5.74, 6) is 0.130. The maximum Gasteiger partial charge on any atom is 0.244 e. The Hall–Kier alpha value is -0.140. The van der Waals surface area contributed by atoms with Crippen LogP contribution in [0.4, 0.5) is 8.78 Å². The van der Waals surface area contributed by atoms with Crippen LogP contribution in [0, 0.1) is 11.3 Å². The average molecular weight is 162 g/mol. The molecule has 1 aliphatic carbocycles. The van der Waals surface area contributed by atoms with Gasteiger partial charge in [0.05, 0.1) is 0 Å². The summed E-state index contributed by atoms with van der Waals surface area (Å²) in [6, 6.07) is 0. The van der Waals surface area contributed by atoms with E-state index in [0.29, 0.717) is 0 Å². The lowest BCUT2D eigenvalue weighted by atomic mass is 9.76. The zero-order chi connectivity index (χ0) is 8.48. The zero-order valence-electron chi connectivity index (χ0n) is 7.24. The number of alkyl halides is 2. The fourth-order valence-electron chi connectivity index (χ4n) is 2.08. The molecule has 0 aliphatic heterocycles. The Balaban J connectivity index is 2.70. The van der Waals surface area contributed by atoms with Crippen LogP contribution in [0.2, 0.25) is 0 Å². The molecule has 1 aliphatic rings. The molecule has 1 fully saturated rings. The highest BCUT2D eigenvalue weighted by atomic mass is 19.3. The largest absolute Gasteiger partial charge is 0.244 e. The van der Waals surface area contributed by atoms with Crippen molar-refractivity contribution in [2.45, 2.75) is 46.0 Å². The molecular formula is C9H16F2. The van der Waals surface area contributed by atoms with E-state index in [-0.39, 0.29) is 5.92 Å². The minimum atomic E-state index is -2.12. The maximum atomic E-state index is 12.6. The standard InChI is InChI=1S/C9H16F2/c1-7(2)9(8(10)11)5-3-4-6-9/h7-8H,3-6H2,1-2H3. The number of hydrogen-bond acceptors (Lipinski definition) is 0. The SMILES string of the molecule is CC(C)C1(C(F)F)CCCC1. The molecule has 0 radical (unpaired) electrons. The molecule has 0 unspecified atom stereocenters. The van der Waals surface area contributed by atoms with Crippen molar-refractivity contribution in [1.82, 2.24) is 0 Å². The van der Waals surface area contributed by atoms with Gasteiger partial charge < -0.3 is 0 Å². The van der Waals surface area contributed by atoms with E-state index in [4.69, 9.17) is 0 Å². The maximum absolute atomic E-state index is 12.6. The molecule has 0 aromatic carbocycles. The Morgan fingerprint density at radius 3 is 1.73 bits per heavy atom. The first kappa shape index (κ1) is 8.95. The molecule has 0 amide bonds. The van der Waals surface area contributed by atoms with E-state index < -0.39 is 11.8 Å². The van der Waals surface area contributed by atoms with Crippen LogP contribution in [-0.4, -0.2) is 6.43 Å². The minimum Gasteiger partial charge on any atom is -0.210 e. The van der Waals surface area contributed by atoms with Crippen LogP contribution in [0.25, 0.3) is 0 Å². The molecule has 66 valence electrons. The van der Waals surface area contributed by atoms with Crippen LogP contribution in [0.5, 0.6) is 0 Å². The summed E-state index contributed by atoms with van der Waals surface area (Å²) in [6.07, 6.45) is 1.31. The van der Waals surface area contributed by atoms with Crippen LogP contribution >= 0.6 is 0 Å². The van der Waals surface area contributed by atoms with E-state index in [1.807, 2.05) is 13.8 Å². The molecule has 2 heteroatoms. The van der Waals surface area contributed by atoms with Gasteiger partial charge in [-0.2, -0.15) is 0 Å². The van der Waals surface area contributed by atoms with E-state index in [9.17, 15) is 8.78 Å². The summed E-state index contributed by atoms with van der Waals surface area (Å²) in [6.45, 7) is 3.83. The Kier molecular flexibility index (Phi) is 2.50.